The van der Waals surface area contributed by atoms with E-state index in [1.807, 2.05) is 13.8 Å². The maximum atomic E-state index is 12.8. The monoisotopic (exact) mass is 335 g/mol. The van der Waals surface area contributed by atoms with Crippen molar-refractivity contribution in [1.82, 2.24) is 4.31 Å². The van der Waals surface area contributed by atoms with Crippen LogP contribution in [0.4, 0.5) is 0 Å². The Kier molecular flexibility index (Phi) is 5.06. The second-order valence-corrected chi connectivity index (χ2v) is 7.69. The molecule has 0 radical (unpaired) electrons. The number of benzene rings is 1. The van der Waals surface area contributed by atoms with Gasteiger partial charge in [-0.3, -0.25) is 0 Å². The Morgan fingerprint density at radius 1 is 1.35 bits per heavy atom. The van der Waals surface area contributed by atoms with Gasteiger partial charge in [-0.15, -0.1) is 0 Å². The molecule has 0 bridgehead atoms. The van der Waals surface area contributed by atoms with Crippen molar-refractivity contribution >= 4 is 16.0 Å². The van der Waals surface area contributed by atoms with E-state index in [1.165, 1.54) is 17.5 Å². The second kappa shape index (κ2) is 6.68. The van der Waals surface area contributed by atoms with Crippen LogP contribution in [-0.2, 0) is 19.6 Å². The number of aryl methyl sites for hydroxylation is 1. The molecule has 1 saturated heterocycles. The van der Waals surface area contributed by atoms with Crippen LogP contribution in [0.2, 0.25) is 0 Å². The summed E-state index contributed by atoms with van der Waals surface area (Å²) in [6.45, 7) is 8.10. The molecule has 0 saturated carbocycles. The largest absolute Gasteiger partial charge is 0.466 e. The number of hydrogen-bond donors (Lipinski definition) is 0. The van der Waals surface area contributed by atoms with Crippen molar-refractivity contribution in [2.24, 2.45) is 5.92 Å². The first-order valence-corrected chi connectivity index (χ1v) is 8.70. The van der Waals surface area contributed by atoms with E-state index in [2.05, 4.69) is 11.3 Å². The van der Waals surface area contributed by atoms with Gasteiger partial charge in [-0.25, -0.2) is 13.2 Å². The Hall–Kier alpha value is -1.92. The number of carbonyl (C=O) groups is 1. The third-order valence-corrected chi connectivity index (χ3v) is 5.78. The lowest BCUT2D eigenvalue weighted by molar-refractivity contribution is -0.134. The van der Waals surface area contributed by atoms with Gasteiger partial charge in [-0.2, -0.15) is 4.31 Å². The van der Waals surface area contributed by atoms with E-state index < -0.39 is 16.0 Å². The summed E-state index contributed by atoms with van der Waals surface area (Å²) in [7, 11) is -2.30. The summed E-state index contributed by atoms with van der Waals surface area (Å²) in [5.41, 5.74) is 2.53. The minimum Gasteiger partial charge on any atom is -0.466 e. The summed E-state index contributed by atoms with van der Waals surface area (Å²) >= 11 is 0. The third-order valence-electron chi connectivity index (χ3n) is 3.95. The second-order valence-electron chi connectivity index (χ2n) is 5.75. The van der Waals surface area contributed by atoms with E-state index in [1.54, 1.807) is 24.3 Å². The smallest absolute Gasteiger partial charge is 0.330 e. The topological polar surface area (TPSA) is 63.7 Å². The molecule has 1 heterocycles. The van der Waals surface area contributed by atoms with Crippen molar-refractivity contribution in [3.8, 4) is 0 Å². The minimum absolute atomic E-state index is 0.169. The predicted molar refractivity (Wildman–Crippen MR) is 88.3 cm³/mol. The number of nitrogens with zero attached hydrogens (tertiary/aromatic N) is 1. The average molecular weight is 335 g/mol. The molecule has 1 aromatic carbocycles. The van der Waals surface area contributed by atoms with Gasteiger partial charge in [0.2, 0.25) is 10.0 Å². The van der Waals surface area contributed by atoms with Crippen LogP contribution in [0.15, 0.2) is 53.0 Å². The van der Waals surface area contributed by atoms with Crippen LogP contribution in [0.5, 0.6) is 0 Å². The zero-order valence-corrected chi connectivity index (χ0v) is 14.4. The molecular formula is C17H21NO4S. The minimum atomic E-state index is -3.60. The van der Waals surface area contributed by atoms with Gasteiger partial charge in [0.1, 0.15) is 0 Å². The number of hydrogen-bond acceptors (Lipinski definition) is 4. The zero-order chi connectivity index (χ0) is 17.2. The first-order chi connectivity index (χ1) is 10.8. The Morgan fingerprint density at radius 3 is 2.48 bits per heavy atom. The van der Waals surface area contributed by atoms with E-state index in [0.29, 0.717) is 5.57 Å². The highest BCUT2D eigenvalue weighted by atomic mass is 32.2. The first-order valence-electron chi connectivity index (χ1n) is 7.26. The average Bonchev–Trinajstić information content (AvgIpc) is 2.92. The first kappa shape index (κ1) is 17.4. The number of rotatable bonds is 4. The van der Waals surface area contributed by atoms with Crippen molar-refractivity contribution in [3.05, 3.63) is 53.6 Å². The normalized spacial score (nSPS) is 20.7. The highest BCUT2D eigenvalue weighted by Crippen LogP contribution is 2.32. The van der Waals surface area contributed by atoms with Crippen LogP contribution in [0, 0.1) is 12.8 Å². The van der Waals surface area contributed by atoms with Crippen molar-refractivity contribution in [2.45, 2.75) is 18.7 Å². The summed E-state index contributed by atoms with van der Waals surface area (Å²) in [5.74, 6) is -0.657. The molecule has 2 rings (SSSR count). The van der Waals surface area contributed by atoms with Gasteiger partial charge < -0.3 is 4.74 Å². The lowest BCUT2D eigenvalue weighted by atomic mass is 9.96. The molecule has 1 aliphatic rings. The van der Waals surface area contributed by atoms with Gasteiger partial charge in [0.15, 0.2) is 0 Å². The molecule has 23 heavy (non-hydrogen) atoms. The molecule has 1 aliphatic heterocycles. The predicted octanol–water partition coefficient (Wildman–Crippen LogP) is 2.29. The van der Waals surface area contributed by atoms with Crippen LogP contribution in [0.3, 0.4) is 0 Å². The van der Waals surface area contributed by atoms with Crippen molar-refractivity contribution < 1.29 is 17.9 Å². The van der Waals surface area contributed by atoms with E-state index in [-0.39, 0.29) is 23.9 Å². The van der Waals surface area contributed by atoms with Gasteiger partial charge in [-0.05, 0) is 31.6 Å². The highest BCUT2D eigenvalue weighted by Gasteiger charge is 2.36. The van der Waals surface area contributed by atoms with Gasteiger partial charge in [0, 0.05) is 25.1 Å². The standard InChI is InChI=1S/C17H21NO4S/c1-12(2)16-11-18(10-14(16)9-17(19)22-4)23(20,21)15-7-5-13(3)6-8-15/h5-9,16H,1,10-11H2,2-4H3/b14-9+. The number of sulfonamides is 1. The molecule has 0 aliphatic carbocycles. The highest BCUT2D eigenvalue weighted by molar-refractivity contribution is 7.89. The molecule has 0 aromatic heterocycles. The summed E-state index contributed by atoms with van der Waals surface area (Å²) < 4.78 is 31.6. The van der Waals surface area contributed by atoms with Gasteiger partial charge >= 0.3 is 5.97 Å². The van der Waals surface area contributed by atoms with E-state index in [0.717, 1.165) is 11.1 Å². The number of esters is 1. The fraction of sp³-hybridized carbons (Fsp3) is 0.353. The van der Waals surface area contributed by atoms with Crippen LogP contribution in [0.25, 0.3) is 0 Å². The molecule has 0 N–H and O–H groups in total. The Balaban J connectivity index is 2.34. The number of methoxy groups -OCH3 is 1. The zero-order valence-electron chi connectivity index (χ0n) is 13.6. The maximum absolute atomic E-state index is 12.8. The van der Waals surface area contributed by atoms with Crippen molar-refractivity contribution in [3.63, 3.8) is 0 Å². The number of carbonyl (C=O) groups excluding carboxylic acids is 1. The third kappa shape index (κ3) is 3.71. The fourth-order valence-corrected chi connectivity index (χ4v) is 4.01. The van der Waals surface area contributed by atoms with Gasteiger partial charge in [0.05, 0.1) is 12.0 Å². The fourth-order valence-electron chi connectivity index (χ4n) is 2.57. The van der Waals surface area contributed by atoms with Gasteiger partial charge in [0.25, 0.3) is 0 Å². The SMILES string of the molecule is C=C(C)C1CN(S(=O)(=O)c2ccc(C)cc2)C/C1=C\C(=O)OC. The molecule has 0 amide bonds. The molecule has 1 aromatic rings. The molecule has 124 valence electrons. The Labute approximate surface area is 137 Å². The lowest BCUT2D eigenvalue weighted by Crippen LogP contribution is -2.29. The molecule has 1 atom stereocenters. The van der Waals surface area contributed by atoms with E-state index in [9.17, 15) is 13.2 Å². The quantitative estimate of drug-likeness (QED) is 0.481. The van der Waals surface area contributed by atoms with E-state index >= 15 is 0 Å². The lowest BCUT2D eigenvalue weighted by Gasteiger charge is -2.16. The molecule has 5 nitrogen and oxygen atoms in total. The van der Waals surface area contributed by atoms with Gasteiger partial charge in [-0.1, -0.05) is 29.8 Å². The van der Waals surface area contributed by atoms with Crippen LogP contribution in [-0.4, -0.2) is 38.9 Å². The summed E-state index contributed by atoms with van der Waals surface area (Å²) in [5, 5.41) is 0. The van der Waals surface area contributed by atoms with Crippen molar-refractivity contribution in [1.29, 1.82) is 0 Å². The molecular weight excluding hydrogens is 314 g/mol. The Morgan fingerprint density at radius 2 is 1.96 bits per heavy atom. The molecule has 1 unspecified atom stereocenters. The summed E-state index contributed by atoms with van der Waals surface area (Å²) in [4.78, 5) is 11.8. The Bertz CT molecular complexity index is 747. The van der Waals surface area contributed by atoms with Crippen LogP contribution >= 0.6 is 0 Å². The van der Waals surface area contributed by atoms with E-state index in [4.69, 9.17) is 0 Å². The van der Waals surface area contributed by atoms with Crippen molar-refractivity contribution in [2.75, 3.05) is 20.2 Å². The summed E-state index contributed by atoms with van der Waals surface area (Å²) in [6.07, 6.45) is 1.37. The molecule has 1 fully saturated rings. The molecule has 0 spiro atoms. The maximum Gasteiger partial charge on any atom is 0.330 e. The number of ether oxygens (including phenoxy) is 1. The molecule has 6 heteroatoms. The van der Waals surface area contributed by atoms with Crippen LogP contribution in [0.1, 0.15) is 12.5 Å². The van der Waals surface area contributed by atoms with Crippen LogP contribution < -0.4 is 0 Å². The summed E-state index contributed by atoms with van der Waals surface area (Å²) in [6, 6.07) is 6.74.